The fourth-order valence-corrected chi connectivity index (χ4v) is 2.53. The predicted molar refractivity (Wildman–Crippen MR) is 70.5 cm³/mol. The van der Waals surface area contributed by atoms with E-state index in [0.29, 0.717) is 5.69 Å². The Hall–Kier alpha value is -2.21. The molecule has 2 aromatic heterocycles. The van der Waals surface area contributed by atoms with Crippen LogP contribution in [-0.2, 0) is 0 Å². The molecule has 3 aromatic rings. The third kappa shape index (κ3) is 2.22. The zero-order valence-corrected chi connectivity index (χ0v) is 10.4. The molecular formula is C13H8F2N2OS. The molecule has 0 saturated heterocycles. The van der Waals surface area contributed by atoms with Crippen LogP contribution in [-0.4, -0.2) is 10.9 Å². The molecule has 3 rings (SSSR count). The van der Waals surface area contributed by atoms with Crippen LogP contribution in [0.4, 0.5) is 14.5 Å². The summed E-state index contributed by atoms with van der Waals surface area (Å²) in [5.74, 6) is -1.95. The molecule has 1 amide bonds. The summed E-state index contributed by atoms with van der Waals surface area (Å²) in [4.78, 5) is 14.8. The normalized spacial score (nSPS) is 10.8. The van der Waals surface area contributed by atoms with E-state index in [1.54, 1.807) is 6.07 Å². The van der Waals surface area contributed by atoms with E-state index in [-0.39, 0.29) is 5.69 Å². The minimum Gasteiger partial charge on any atom is -0.350 e. The molecule has 0 unspecified atom stereocenters. The molecule has 0 radical (unpaired) electrons. The summed E-state index contributed by atoms with van der Waals surface area (Å²) < 4.78 is 27.1. The van der Waals surface area contributed by atoms with Gasteiger partial charge in [0.05, 0.1) is 15.9 Å². The summed E-state index contributed by atoms with van der Waals surface area (Å²) in [7, 11) is 0. The Kier molecular flexibility index (Phi) is 2.79. The standard InChI is InChI=1S/C13H8F2N2OS/c14-7-1-2-9(8(15)5-7)17-13(18)11-6-12-10(16-11)3-4-19-12/h1-6,16H,(H,17,18). The topological polar surface area (TPSA) is 44.9 Å². The largest absolute Gasteiger partial charge is 0.350 e. The van der Waals surface area contributed by atoms with E-state index >= 15 is 0 Å². The first-order valence-electron chi connectivity index (χ1n) is 5.46. The molecule has 0 bridgehead atoms. The number of fused-ring (bicyclic) bond motifs is 1. The zero-order chi connectivity index (χ0) is 13.4. The molecule has 0 saturated carbocycles. The number of carbonyl (C=O) groups excluding carboxylic acids is 1. The second-order valence-corrected chi connectivity index (χ2v) is 4.91. The monoisotopic (exact) mass is 278 g/mol. The van der Waals surface area contributed by atoms with Crippen LogP contribution in [0.25, 0.3) is 10.2 Å². The van der Waals surface area contributed by atoms with Gasteiger partial charge in [-0.2, -0.15) is 0 Å². The number of rotatable bonds is 2. The van der Waals surface area contributed by atoms with Crippen molar-refractivity contribution in [2.45, 2.75) is 0 Å². The van der Waals surface area contributed by atoms with Crippen molar-refractivity contribution in [3.05, 3.63) is 53.0 Å². The van der Waals surface area contributed by atoms with Crippen LogP contribution < -0.4 is 5.32 Å². The molecule has 0 fully saturated rings. The van der Waals surface area contributed by atoms with Crippen molar-refractivity contribution in [3.63, 3.8) is 0 Å². The van der Waals surface area contributed by atoms with Crippen molar-refractivity contribution < 1.29 is 13.6 Å². The number of carbonyl (C=O) groups is 1. The van der Waals surface area contributed by atoms with Gasteiger partial charge in [-0.05, 0) is 29.6 Å². The number of hydrogen-bond donors (Lipinski definition) is 2. The first-order valence-corrected chi connectivity index (χ1v) is 6.34. The summed E-state index contributed by atoms with van der Waals surface area (Å²) in [6.45, 7) is 0. The fourth-order valence-electron chi connectivity index (χ4n) is 1.75. The number of hydrogen-bond acceptors (Lipinski definition) is 2. The maximum atomic E-state index is 13.4. The lowest BCUT2D eigenvalue weighted by Crippen LogP contribution is -2.13. The van der Waals surface area contributed by atoms with Crippen LogP contribution in [0.2, 0.25) is 0 Å². The van der Waals surface area contributed by atoms with Gasteiger partial charge in [-0.15, -0.1) is 11.3 Å². The molecule has 0 aliphatic carbocycles. The SMILES string of the molecule is O=C(Nc1ccc(F)cc1F)c1cc2sccc2[nH]1. The number of nitrogens with one attached hydrogen (secondary N) is 2. The van der Waals surface area contributed by atoms with Crippen molar-refractivity contribution in [1.82, 2.24) is 4.98 Å². The lowest BCUT2D eigenvalue weighted by molar-refractivity contribution is 0.102. The van der Waals surface area contributed by atoms with Crippen molar-refractivity contribution in [2.75, 3.05) is 5.32 Å². The third-order valence-corrected chi connectivity index (χ3v) is 3.53. The average Bonchev–Trinajstić information content (AvgIpc) is 2.93. The number of aromatic amines is 1. The Balaban J connectivity index is 1.86. The van der Waals surface area contributed by atoms with E-state index < -0.39 is 17.5 Å². The summed E-state index contributed by atoms with van der Waals surface area (Å²) >= 11 is 1.50. The summed E-state index contributed by atoms with van der Waals surface area (Å²) in [5.41, 5.74) is 1.14. The lowest BCUT2D eigenvalue weighted by atomic mass is 10.3. The number of halogens is 2. The average molecular weight is 278 g/mol. The van der Waals surface area contributed by atoms with Gasteiger partial charge in [0.25, 0.3) is 5.91 Å². The summed E-state index contributed by atoms with van der Waals surface area (Å²) in [5, 5.41) is 4.30. The maximum absolute atomic E-state index is 13.4. The molecule has 96 valence electrons. The number of H-pyrrole nitrogens is 1. The van der Waals surface area contributed by atoms with E-state index in [1.165, 1.54) is 17.4 Å². The molecule has 0 aliphatic heterocycles. The highest BCUT2D eigenvalue weighted by Gasteiger charge is 2.12. The van der Waals surface area contributed by atoms with Gasteiger partial charge in [-0.1, -0.05) is 0 Å². The number of aromatic nitrogens is 1. The molecule has 6 heteroatoms. The molecule has 19 heavy (non-hydrogen) atoms. The van der Waals surface area contributed by atoms with Crippen molar-refractivity contribution >= 4 is 33.1 Å². The van der Waals surface area contributed by atoms with Gasteiger partial charge in [-0.25, -0.2) is 8.78 Å². The highest BCUT2D eigenvalue weighted by molar-refractivity contribution is 7.17. The number of benzene rings is 1. The van der Waals surface area contributed by atoms with Gasteiger partial charge in [0.15, 0.2) is 0 Å². The molecule has 0 aliphatic rings. The first kappa shape index (κ1) is 11.9. The number of thiophene rings is 1. The van der Waals surface area contributed by atoms with Crippen molar-refractivity contribution in [3.8, 4) is 0 Å². The maximum Gasteiger partial charge on any atom is 0.272 e. The summed E-state index contributed by atoms with van der Waals surface area (Å²) in [6, 6.07) is 6.55. The molecule has 0 atom stereocenters. The Morgan fingerprint density at radius 2 is 2.05 bits per heavy atom. The minimum absolute atomic E-state index is 0.0515. The fraction of sp³-hybridized carbons (Fsp3) is 0. The van der Waals surface area contributed by atoms with Gasteiger partial charge >= 0.3 is 0 Å². The predicted octanol–water partition coefficient (Wildman–Crippen LogP) is 3.76. The molecule has 0 spiro atoms. The van der Waals surface area contributed by atoms with Gasteiger partial charge < -0.3 is 10.3 Å². The van der Waals surface area contributed by atoms with Crippen LogP contribution in [0.3, 0.4) is 0 Å². The second-order valence-electron chi connectivity index (χ2n) is 3.96. The van der Waals surface area contributed by atoms with E-state index in [0.717, 1.165) is 22.3 Å². The minimum atomic E-state index is -0.804. The van der Waals surface area contributed by atoms with Crippen molar-refractivity contribution in [2.24, 2.45) is 0 Å². The Morgan fingerprint density at radius 1 is 1.21 bits per heavy atom. The molecule has 3 nitrogen and oxygen atoms in total. The highest BCUT2D eigenvalue weighted by Crippen LogP contribution is 2.22. The number of amides is 1. The van der Waals surface area contributed by atoms with Gasteiger partial charge in [0.1, 0.15) is 17.3 Å². The van der Waals surface area contributed by atoms with E-state index in [2.05, 4.69) is 10.3 Å². The Bertz CT molecular complexity index is 734. The Morgan fingerprint density at radius 3 is 2.79 bits per heavy atom. The van der Waals surface area contributed by atoms with Gasteiger partial charge in [-0.3, -0.25) is 4.79 Å². The molecular weight excluding hydrogens is 270 g/mol. The molecule has 1 aromatic carbocycles. The van der Waals surface area contributed by atoms with Gasteiger partial charge in [0, 0.05) is 6.07 Å². The van der Waals surface area contributed by atoms with E-state index in [9.17, 15) is 13.6 Å². The Labute approximate surface area is 110 Å². The van der Waals surface area contributed by atoms with Crippen LogP contribution in [0.5, 0.6) is 0 Å². The first-order chi connectivity index (χ1) is 9.13. The van der Waals surface area contributed by atoms with Crippen LogP contribution in [0.15, 0.2) is 35.7 Å². The van der Waals surface area contributed by atoms with Gasteiger partial charge in [0.2, 0.25) is 0 Å². The highest BCUT2D eigenvalue weighted by atomic mass is 32.1. The van der Waals surface area contributed by atoms with Crippen molar-refractivity contribution in [1.29, 1.82) is 0 Å². The molecule has 2 heterocycles. The quantitative estimate of drug-likeness (QED) is 0.736. The van der Waals surface area contributed by atoms with Crippen LogP contribution in [0.1, 0.15) is 10.5 Å². The third-order valence-electron chi connectivity index (χ3n) is 2.66. The van der Waals surface area contributed by atoms with Crippen LogP contribution in [0, 0.1) is 11.6 Å². The smallest absolute Gasteiger partial charge is 0.272 e. The van der Waals surface area contributed by atoms with Crippen LogP contribution >= 0.6 is 11.3 Å². The number of anilines is 1. The lowest BCUT2D eigenvalue weighted by Gasteiger charge is -2.04. The second kappa shape index (κ2) is 4.47. The molecule has 2 N–H and O–H groups in total. The van der Waals surface area contributed by atoms with E-state index in [1.807, 2.05) is 11.4 Å². The zero-order valence-electron chi connectivity index (χ0n) is 9.54. The summed E-state index contributed by atoms with van der Waals surface area (Å²) in [6.07, 6.45) is 0. The van der Waals surface area contributed by atoms with E-state index in [4.69, 9.17) is 0 Å².